The first-order chi connectivity index (χ1) is 9.02. The first kappa shape index (κ1) is 18.0. The molecule has 0 aromatic rings. The molecule has 7 nitrogen and oxygen atoms in total. The maximum absolute atomic E-state index is 11.8. The zero-order chi connectivity index (χ0) is 14.7. The van der Waals surface area contributed by atoms with Gasteiger partial charge in [0.25, 0.3) is 0 Å². The second-order valence-electron chi connectivity index (χ2n) is 4.57. The second-order valence-corrected chi connectivity index (χ2v) is 6.89. The lowest BCUT2D eigenvalue weighted by molar-refractivity contribution is -0.139. The van der Waals surface area contributed by atoms with E-state index < -0.39 is 21.0 Å². The lowest BCUT2D eigenvalue weighted by Crippen LogP contribution is -2.50. The second kappa shape index (κ2) is 10.9. The van der Waals surface area contributed by atoms with Gasteiger partial charge < -0.3 is 27.3 Å². The quantitative estimate of drug-likeness (QED) is 0.251. The van der Waals surface area contributed by atoms with Gasteiger partial charge in [-0.3, -0.25) is 4.79 Å². The van der Waals surface area contributed by atoms with Crippen molar-refractivity contribution in [3.05, 3.63) is 0 Å². The van der Waals surface area contributed by atoms with Crippen LogP contribution in [0.1, 0.15) is 32.1 Å². The van der Waals surface area contributed by atoms with Gasteiger partial charge in [0.2, 0.25) is 14.5 Å². The first-order valence-corrected chi connectivity index (χ1v) is 8.77. The Morgan fingerprint density at radius 3 is 2.21 bits per heavy atom. The molecule has 0 saturated heterocycles. The third-order valence-electron chi connectivity index (χ3n) is 2.87. The summed E-state index contributed by atoms with van der Waals surface area (Å²) in [6.45, 7) is 1.10. The first-order valence-electron chi connectivity index (χ1n) is 6.71. The van der Waals surface area contributed by atoms with Crippen LogP contribution >= 0.6 is 0 Å². The summed E-state index contributed by atoms with van der Waals surface area (Å²) < 4.78 is 0. The number of carboxylic acid groups (broad SMARTS) is 1. The molecule has 0 heterocycles. The molecule has 0 unspecified atom stereocenters. The van der Waals surface area contributed by atoms with Crippen LogP contribution in [0.5, 0.6) is 0 Å². The van der Waals surface area contributed by atoms with E-state index in [1.165, 1.54) is 0 Å². The molecular formula is C11H26N4O3Si. The number of hydrogen-bond acceptors (Lipinski definition) is 5. The fourth-order valence-electron chi connectivity index (χ4n) is 1.67. The smallest absolute Gasteiger partial charge is 0.326 e. The highest BCUT2D eigenvalue weighted by atomic mass is 28.3. The summed E-state index contributed by atoms with van der Waals surface area (Å²) in [5.41, 5.74) is 10.4. The number of carboxylic acids is 1. The molecule has 0 aliphatic carbocycles. The molecule has 0 aliphatic heterocycles. The molecule has 0 aliphatic rings. The Kier molecular flexibility index (Phi) is 10.4. The third kappa shape index (κ3) is 8.70. The summed E-state index contributed by atoms with van der Waals surface area (Å²) in [6.07, 6.45) is 3.48. The fourth-order valence-corrected chi connectivity index (χ4v) is 3.07. The number of amides is 1. The largest absolute Gasteiger partial charge is 0.480 e. The third-order valence-corrected chi connectivity index (χ3v) is 4.74. The predicted molar refractivity (Wildman–Crippen MR) is 77.3 cm³/mol. The highest BCUT2D eigenvalue weighted by Gasteiger charge is 2.23. The van der Waals surface area contributed by atoms with Crippen LogP contribution in [-0.4, -0.2) is 44.7 Å². The number of nitrogens with one attached hydrogen (secondary N) is 1. The van der Waals surface area contributed by atoms with Crippen molar-refractivity contribution in [2.45, 2.75) is 44.2 Å². The van der Waals surface area contributed by atoms with Crippen LogP contribution in [0.3, 0.4) is 0 Å². The monoisotopic (exact) mass is 290 g/mol. The van der Waals surface area contributed by atoms with Crippen LogP contribution in [0.25, 0.3) is 0 Å². The van der Waals surface area contributed by atoms with Crippen molar-refractivity contribution in [3.63, 3.8) is 0 Å². The number of unbranched alkanes of at least 4 members (excludes halogenated alkanes) is 2. The fraction of sp³-hybridized carbons (Fsp3) is 0.818. The average molecular weight is 290 g/mol. The SMILES string of the molecule is NCCCC[C@H](NC(=O)[Si@@H](N)CCCCN)C(=O)O. The summed E-state index contributed by atoms with van der Waals surface area (Å²) in [7, 11) is -2.06. The van der Waals surface area contributed by atoms with E-state index in [4.69, 9.17) is 22.0 Å². The molecule has 0 radical (unpaired) electrons. The lowest BCUT2D eigenvalue weighted by Gasteiger charge is -2.17. The zero-order valence-corrected chi connectivity index (χ0v) is 12.5. The van der Waals surface area contributed by atoms with E-state index >= 15 is 0 Å². The van der Waals surface area contributed by atoms with E-state index in [1.54, 1.807) is 0 Å². The molecule has 0 fully saturated rings. The van der Waals surface area contributed by atoms with E-state index in [0.717, 1.165) is 19.3 Å². The van der Waals surface area contributed by atoms with Crippen molar-refractivity contribution in [2.75, 3.05) is 13.1 Å². The lowest BCUT2D eigenvalue weighted by atomic mass is 10.1. The van der Waals surface area contributed by atoms with Gasteiger partial charge in [0.05, 0.1) is 0 Å². The summed E-state index contributed by atoms with van der Waals surface area (Å²) in [5, 5.41) is 17.4. The molecule has 0 saturated carbocycles. The van der Waals surface area contributed by atoms with Crippen molar-refractivity contribution in [1.82, 2.24) is 5.32 Å². The summed E-state index contributed by atoms with van der Waals surface area (Å²) >= 11 is 0. The minimum atomic E-state index is -2.06. The van der Waals surface area contributed by atoms with Crippen LogP contribution in [0.2, 0.25) is 6.04 Å². The van der Waals surface area contributed by atoms with Gasteiger partial charge in [0, 0.05) is 0 Å². The molecule has 8 N–H and O–H groups in total. The maximum Gasteiger partial charge on any atom is 0.326 e. The van der Waals surface area contributed by atoms with Crippen LogP contribution in [0.15, 0.2) is 0 Å². The van der Waals surface area contributed by atoms with Gasteiger partial charge in [-0.05, 0) is 44.8 Å². The van der Waals surface area contributed by atoms with Crippen molar-refractivity contribution in [2.24, 2.45) is 16.9 Å². The van der Waals surface area contributed by atoms with Crippen LogP contribution in [-0.2, 0) is 4.79 Å². The van der Waals surface area contributed by atoms with Crippen molar-refractivity contribution >= 4 is 20.5 Å². The molecule has 112 valence electrons. The molecule has 2 atom stereocenters. The summed E-state index contributed by atoms with van der Waals surface area (Å²) in [6, 6.07) is -0.204. The molecule has 0 bridgehead atoms. The highest BCUT2D eigenvalue weighted by molar-refractivity contribution is 6.87. The normalized spacial score (nSPS) is 13.8. The van der Waals surface area contributed by atoms with Gasteiger partial charge >= 0.3 is 5.97 Å². The Morgan fingerprint density at radius 2 is 1.68 bits per heavy atom. The van der Waals surface area contributed by atoms with Crippen LogP contribution in [0, 0.1) is 0 Å². The van der Waals surface area contributed by atoms with Gasteiger partial charge in [-0.1, -0.05) is 6.42 Å². The molecule has 0 rings (SSSR count). The van der Waals surface area contributed by atoms with Crippen molar-refractivity contribution in [3.8, 4) is 0 Å². The maximum atomic E-state index is 11.8. The Morgan fingerprint density at radius 1 is 1.11 bits per heavy atom. The Hall–Kier alpha value is -0.963. The Labute approximate surface area is 115 Å². The number of rotatable bonds is 11. The predicted octanol–water partition coefficient (Wildman–Crippen LogP) is -0.719. The molecule has 0 aromatic heterocycles. The van der Waals surface area contributed by atoms with Gasteiger partial charge in [-0.2, -0.15) is 0 Å². The van der Waals surface area contributed by atoms with Gasteiger partial charge in [0.1, 0.15) is 6.04 Å². The van der Waals surface area contributed by atoms with Crippen molar-refractivity contribution in [1.29, 1.82) is 0 Å². The standard InChI is InChI=1S/C11H26N4O3Si/c12-6-2-1-5-9(10(16)17)15-11(18)19(14)8-4-3-7-13/h9,19H,1-8,12-14H2,(H,15,18)(H,16,17)/t9-,19-/m0/s1. The highest BCUT2D eigenvalue weighted by Crippen LogP contribution is 2.03. The molecule has 19 heavy (non-hydrogen) atoms. The van der Waals surface area contributed by atoms with E-state index in [-0.39, 0.29) is 5.53 Å². The number of aliphatic carboxylic acids is 1. The molecule has 1 amide bonds. The topological polar surface area (TPSA) is 144 Å². The number of nitrogens with two attached hydrogens (primary N) is 3. The molecular weight excluding hydrogens is 264 g/mol. The summed E-state index contributed by atoms with van der Waals surface area (Å²) in [4.78, 5) is 22.8. The van der Waals surface area contributed by atoms with Crippen molar-refractivity contribution < 1.29 is 14.7 Å². The van der Waals surface area contributed by atoms with E-state index in [0.29, 0.717) is 32.0 Å². The minimum absolute atomic E-state index is 0.280. The van der Waals surface area contributed by atoms with E-state index in [2.05, 4.69) is 5.32 Å². The molecule has 8 heteroatoms. The van der Waals surface area contributed by atoms with Gasteiger partial charge in [-0.15, -0.1) is 0 Å². The Bertz CT molecular complexity index is 279. The van der Waals surface area contributed by atoms with Gasteiger partial charge in [-0.25, -0.2) is 4.79 Å². The van der Waals surface area contributed by atoms with E-state index in [1.807, 2.05) is 0 Å². The van der Waals surface area contributed by atoms with Gasteiger partial charge in [0.15, 0.2) is 0 Å². The van der Waals surface area contributed by atoms with Crippen LogP contribution < -0.4 is 22.2 Å². The Balaban J connectivity index is 4.11. The molecule has 0 aromatic carbocycles. The number of hydrogen-bond donors (Lipinski definition) is 5. The average Bonchev–Trinajstić information content (AvgIpc) is 2.37. The van der Waals surface area contributed by atoms with Crippen LogP contribution in [0.4, 0.5) is 4.79 Å². The number of carbonyl (C=O) groups is 2. The number of carbonyl (C=O) groups excluding carboxylic acids is 1. The van der Waals surface area contributed by atoms with E-state index in [9.17, 15) is 9.59 Å². The molecule has 0 spiro atoms. The summed E-state index contributed by atoms with van der Waals surface area (Å²) in [5.74, 6) is -1.02. The zero-order valence-electron chi connectivity index (χ0n) is 11.3. The minimum Gasteiger partial charge on any atom is -0.480 e.